The van der Waals surface area contributed by atoms with Crippen LogP contribution in [0.2, 0.25) is 0 Å². The second kappa shape index (κ2) is 5.58. The third-order valence-electron chi connectivity index (χ3n) is 2.25. The van der Waals surface area contributed by atoms with Crippen LogP contribution in [0.15, 0.2) is 43.9 Å². The summed E-state index contributed by atoms with van der Waals surface area (Å²) in [5, 5.41) is 11.4. The summed E-state index contributed by atoms with van der Waals surface area (Å²) in [4.78, 5) is 22.6. The summed E-state index contributed by atoms with van der Waals surface area (Å²) < 4.78 is 6.42. The largest absolute Gasteiger partial charge is 0.478 e. The topological polar surface area (TPSA) is 79.5 Å². The van der Waals surface area contributed by atoms with Crippen LogP contribution in [-0.2, 0) is 0 Å². The van der Waals surface area contributed by atoms with Gasteiger partial charge in [0.05, 0.1) is 11.3 Å². The number of hydrogen-bond acceptors (Lipinski definition) is 3. The Bertz CT molecular complexity index is 651. The van der Waals surface area contributed by atoms with Crippen molar-refractivity contribution >= 4 is 49.4 Å². The van der Waals surface area contributed by atoms with E-state index < -0.39 is 11.9 Å². The van der Waals surface area contributed by atoms with Gasteiger partial charge < -0.3 is 14.8 Å². The number of carbonyl (C=O) groups excluding carboxylic acids is 1. The molecular formula is C12H7Br2NO4. The van der Waals surface area contributed by atoms with Gasteiger partial charge in [0, 0.05) is 15.0 Å². The number of aromatic carboxylic acids is 1. The van der Waals surface area contributed by atoms with Crippen LogP contribution in [-0.4, -0.2) is 17.0 Å². The van der Waals surface area contributed by atoms with Gasteiger partial charge in [-0.3, -0.25) is 4.79 Å². The Morgan fingerprint density at radius 1 is 1.21 bits per heavy atom. The first-order chi connectivity index (χ1) is 8.97. The van der Waals surface area contributed by atoms with Gasteiger partial charge in [0.1, 0.15) is 6.26 Å². The lowest BCUT2D eigenvalue weighted by Crippen LogP contribution is -2.11. The molecule has 98 valence electrons. The van der Waals surface area contributed by atoms with Crippen molar-refractivity contribution in [2.24, 2.45) is 0 Å². The lowest BCUT2D eigenvalue weighted by Gasteiger charge is -2.06. The van der Waals surface area contributed by atoms with E-state index in [0.29, 0.717) is 10.2 Å². The number of hydrogen-bond donors (Lipinski definition) is 2. The summed E-state index contributed by atoms with van der Waals surface area (Å²) >= 11 is 6.59. The van der Waals surface area contributed by atoms with E-state index in [1.54, 1.807) is 12.1 Å². The monoisotopic (exact) mass is 387 g/mol. The zero-order valence-corrected chi connectivity index (χ0v) is 12.5. The van der Waals surface area contributed by atoms with Gasteiger partial charge in [-0.2, -0.15) is 0 Å². The van der Waals surface area contributed by atoms with Crippen molar-refractivity contribution in [2.75, 3.05) is 5.32 Å². The molecule has 0 saturated heterocycles. The molecule has 0 radical (unpaired) electrons. The molecule has 1 heterocycles. The van der Waals surface area contributed by atoms with Crippen molar-refractivity contribution in [3.05, 3.63) is 50.8 Å². The molecule has 0 aliphatic rings. The van der Waals surface area contributed by atoms with Crippen molar-refractivity contribution in [3.63, 3.8) is 0 Å². The van der Waals surface area contributed by atoms with E-state index in [9.17, 15) is 9.59 Å². The molecular weight excluding hydrogens is 382 g/mol. The molecule has 0 saturated carbocycles. The average molecular weight is 389 g/mol. The molecule has 2 N–H and O–H groups in total. The molecule has 5 nitrogen and oxygen atoms in total. The van der Waals surface area contributed by atoms with E-state index in [4.69, 9.17) is 9.52 Å². The third-order valence-corrected chi connectivity index (χ3v) is 3.43. The first-order valence-electron chi connectivity index (χ1n) is 5.05. The summed E-state index contributed by atoms with van der Waals surface area (Å²) in [6.07, 6.45) is 1.02. The Hall–Kier alpha value is -1.60. The van der Waals surface area contributed by atoms with Crippen LogP contribution in [0.1, 0.15) is 20.9 Å². The van der Waals surface area contributed by atoms with Crippen LogP contribution in [0.3, 0.4) is 0 Å². The lowest BCUT2D eigenvalue weighted by molar-refractivity contribution is 0.0696. The number of carboxylic acid groups (broad SMARTS) is 1. The number of carbonyl (C=O) groups is 2. The van der Waals surface area contributed by atoms with Gasteiger partial charge in [0.15, 0.2) is 5.76 Å². The highest BCUT2D eigenvalue weighted by Gasteiger charge is 2.15. The maximum absolute atomic E-state index is 11.9. The van der Waals surface area contributed by atoms with Crippen LogP contribution >= 0.6 is 31.9 Å². The second-order valence-electron chi connectivity index (χ2n) is 3.58. The Balaban J connectivity index is 2.20. The Kier molecular flexibility index (Phi) is 4.06. The van der Waals surface area contributed by atoms with Crippen molar-refractivity contribution < 1.29 is 19.1 Å². The van der Waals surface area contributed by atoms with Crippen LogP contribution in [0, 0.1) is 0 Å². The van der Waals surface area contributed by atoms with E-state index in [1.807, 2.05) is 6.07 Å². The maximum Gasteiger partial charge on any atom is 0.338 e. The van der Waals surface area contributed by atoms with Crippen LogP contribution in [0.25, 0.3) is 0 Å². The van der Waals surface area contributed by atoms with E-state index in [-0.39, 0.29) is 11.3 Å². The highest BCUT2D eigenvalue weighted by atomic mass is 79.9. The Morgan fingerprint density at radius 3 is 2.58 bits per heavy atom. The summed E-state index contributed by atoms with van der Waals surface area (Å²) in [5.74, 6) is -1.73. The van der Waals surface area contributed by atoms with Crippen molar-refractivity contribution in [1.29, 1.82) is 0 Å². The summed E-state index contributed by atoms with van der Waals surface area (Å²) in [6, 6.07) is 6.46. The molecule has 0 unspecified atom stereocenters. The van der Waals surface area contributed by atoms with Gasteiger partial charge in [-0.15, -0.1) is 0 Å². The molecule has 1 amide bonds. The molecule has 19 heavy (non-hydrogen) atoms. The number of halogens is 2. The van der Waals surface area contributed by atoms with Gasteiger partial charge >= 0.3 is 5.97 Å². The average Bonchev–Trinajstić information content (AvgIpc) is 2.83. The van der Waals surface area contributed by atoms with E-state index in [0.717, 1.165) is 10.7 Å². The number of carboxylic acids is 1. The standard InChI is InChI=1S/C12H7Br2NO4/c13-7-1-2-8(14)9(4-7)15-11(16)10-3-6(5-19-10)12(17)18/h1-5H,(H,15,16)(H,17,18). The summed E-state index contributed by atoms with van der Waals surface area (Å²) in [7, 11) is 0. The van der Waals surface area contributed by atoms with Crippen molar-refractivity contribution in [2.45, 2.75) is 0 Å². The molecule has 0 aliphatic heterocycles. The number of furan rings is 1. The highest BCUT2D eigenvalue weighted by Crippen LogP contribution is 2.26. The zero-order chi connectivity index (χ0) is 14.0. The minimum Gasteiger partial charge on any atom is -0.478 e. The zero-order valence-electron chi connectivity index (χ0n) is 9.31. The molecule has 0 fully saturated rings. The minimum absolute atomic E-state index is 0.0655. The second-order valence-corrected chi connectivity index (χ2v) is 5.35. The molecule has 0 spiro atoms. The van der Waals surface area contributed by atoms with Crippen LogP contribution in [0.5, 0.6) is 0 Å². The number of benzene rings is 1. The smallest absolute Gasteiger partial charge is 0.338 e. The fraction of sp³-hybridized carbons (Fsp3) is 0. The van der Waals surface area contributed by atoms with Gasteiger partial charge in [-0.1, -0.05) is 15.9 Å². The SMILES string of the molecule is O=C(O)c1coc(C(=O)Nc2cc(Br)ccc2Br)c1. The maximum atomic E-state index is 11.9. The number of anilines is 1. The molecule has 0 aliphatic carbocycles. The molecule has 1 aromatic carbocycles. The molecule has 0 bridgehead atoms. The Labute approximate surface area is 124 Å². The number of amides is 1. The predicted molar refractivity (Wildman–Crippen MR) is 75.5 cm³/mol. The fourth-order valence-corrected chi connectivity index (χ4v) is 2.05. The molecule has 1 aromatic heterocycles. The predicted octanol–water partition coefficient (Wildman–Crippen LogP) is 3.76. The lowest BCUT2D eigenvalue weighted by atomic mass is 10.3. The fourth-order valence-electron chi connectivity index (χ4n) is 1.34. The van der Waals surface area contributed by atoms with Crippen molar-refractivity contribution in [1.82, 2.24) is 0 Å². The van der Waals surface area contributed by atoms with Gasteiger partial charge in [0.25, 0.3) is 5.91 Å². The highest BCUT2D eigenvalue weighted by molar-refractivity contribution is 9.11. The summed E-state index contributed by atoms with van der Waals surface area (Å²) in [5.41, 5.74) is 0.478. The van der Waals surface area contributed by atoms with E-state index in [2.05, 4.69) is 37.2 Å². The van der Waals surface area contributed by atoms with Gasteiger partial charge in [0.2, 0.25) is 0 Å². The number of nitrogens with one attached hydrogen (secondary N) is 1. The van der Waals surface area contributed by atoms with Gasteiger partial charge in [-0.25, -0.2) is 4.79 Å². The number of rotatable bonds is 3. The Morgan fingerprint density at radius 2 is 1.95 bits per heavy atom. The normalized spacial score (nSPS) is 10.2. The van der Waals surface area contributed by atoms with Crippen molar-refractivity contribution in [3.8, 4) is 0 Å². The van der Waals surface area contributed by atoms with Crippen LogP contribution in [0.4, 0.5) is 5.69 Å². The third kappa shape index (κ3) is 3.24. The summed E-state index contributed by atoms with van der Waals surface area (Å²) in [6.45, 7) is 0. The molecule has 7 heteroatoms. The quantitative estimate of drug-likeness (QED) is 0.838. The molecule has 2 rings (SSSR count). The first kappa shape index (κ1) is 13.8. The van der Waals surface area contributed by atoms with E-state index >= 15 is 0 Å². The van der Waals surface area contributed by atoms with Gasteiger partial charge in [-0.05, 0) is 34.1 Å². The minimum atomic E-state index is -1.15. The van der Waals surface area contributed by atoms with E-state index in [1.165, 1.54) is 6.07 Å². The molecule has 0 atom stereocenters. The molecule has 2 aromatic rings. The van der Waals surface area contributed by atoms with Crippen LogP contribution < -0.4 is 5.32 Å². The first-order valence-corrected chi connectivity index (χ1v) is 6.64.